The van der Waals surface area contributed by atoms with Crippen LogP contribution >= 0.6 is 11.6 Å². The van der Waals surface area contributed by atoms with Crippen LogP contribution in [0.4, 0.5) is 5.69 Å². The number of amides is 1. The van der Waals surface area contributed by atoms with Gasteiger partial charge in [0.05, 0.1) is 16.6 Å². The van der Waals surface area contributed by atoms with Crippen molar-refractivity contribution < 1.29 is 4.79 Å². The minimum Gasteiger partial charge on any atom is -0.373 e. The van der Waals surface area contributed by atoms with Crippen molar-refractivity contribution in [3.05, 3.63) is 28.8 Å². The molecule has 0 heterocycles. The Labute approximate surface area is 113 Å². The highest BCUT2D eigenvalue weighted by molar-refractivity contribution is 6.33. The summed E-state index contributed by atoms with van der Waals surface area (Å²) in [5.41, 5.74) is 7.46. The molecule has 5 heteroatoms. The van der Waals surface area contributed by atoms with Crippen molar-refractivity contribution in [2.45, 2.75) is 13.5 Å². The van der Waals surface area contributed by atoms with Gasteiger partial charge in [0.2, 0.25) is 5.91 Å². The molecule has 0 aliphatic carbocycles. The van der Waals surface area contributed by atoms with Gasteiger partial charge in [0.1, 0.15) is 0 Å². The van der Waals surface area contributed by atoms with Crippen LogP contribution < -0.4 is 16.0 Å². The molecule has 0 aliphatic rings. The van der Waals surface area contributed by atoms with Crippen molar-refractivity contribution in [2.75, 3.05) is 25.5 Å². The van der Waals surface area contributed by atoms with E-state index in [1.54, 1.807) is 7.05 Å². The summed E-state index contributed by atoms with van der Waals surface area (Å²) in [7, 11) is 3.56. The predicted octanol–water partition coefficient (Wildman–Crippen LogP) is 1.62. The van der Waals surface area contributed by atoms with Gasteiger partial charge in [-0.05, 0) is 17.7 Å². The van der Waals surface area contributed by atoms with Gasteiger partial charge in [-0.25, -0.2) is 0 Å². The Morgan fingerprint density at radius 1 is 1.56 bits per heavy atom. The standard InChI is InChI=1S/C13H20ClN3O/c1-9(13(18)16-2)8-17(3)12-5-4-10(7-15)6-11(12)14/h4-6,9H,7-8,15H2,1-3H3,(H,16,18). The molecule has 0 fully saturated rings. The van der Waals surface area contributed by atoms with Crippen LogP contribution in [0.5, 0.6) is 0 Å². The molecule has 0 aromatic heterocycles. The first-order valence-electron chi connectivity index (χ1n) is 5.90. The first-order chi connectivity index (χ1) is 8.49. The molecule has 18 heavy (non-hydrogen) atoms. The second kappa shape index (κ2) is 6.61. The second-order valence-corrected chi connectivity index (χ2v) is 4.79. The van der Waals surface area contributed by atoms with Crippen LogP contribution in [0, 0.1) is 5.92 Å². The van der Waals surface area contributed by atoms with E-state index >= 15 is 0 Å². The van der Waals surface area contributed by atoms with Gasteiger partial charge in [0.15, 0.2) is 0 Å². The van der Waals surface area contributed by atoms with E-state index < -0.39 is 0 Å². The lowest BCUT2D eigenvalue weighted by molar-refractivity contribution is -0.123. The van der Waals surface area contributed by atoms with E-state index in [4.69, 9.17) is 17.3 Å². The van der Waals surface area contributed by atoms with Crippen molar-refractivity contribution in [1.29, 1.82) is 0 Å². The molecule has 1 unspecified atom stereocenters. The molecule has 0 radical (unpaired) electrons. The largest absolute Gasteiger partial charge is 0.373 e. The predicted molar refractivity (Wildman–Crippen MR) is 75.8 cm³/mol. The maximum atomic E-state index is 11.5. The van der Waals surface area contributed by atoms with Crippen molar-refractivity contribution >= 4 is 23.2 Å². The molecule has 1 aromatic rings. The summed E-state index contributed by atoms with van der Waals surface area (Å²) in [5.74, 6) is -0.0678. The summed E-state index contributed by atoms with van der Waals surface area (Å²) in [5, 5.41) is 3.30. The Balaban J connectivity index is 2.78. The Morgan fingerprint density at radius 2 is 2.22 bits per heavy atom. The third-order valence-electron chi connectivity index (χ3n) is 2.90. The Hall–Kier alpha value is -1.26. The topological polar surface area (TPSA) is 58.4 Å². The fraction of sp³-hybridized carbons (Fsp3) is 0.462. The smallest absolute Gasteiger partial charge is 0.224 e. The zero-order valence-corrected chi connectivity index (χ0v) is 11.8. The minimum atomic E-state index is -0.0924. The number of halogens is 1. The SMILES string of the molecule is CNC(=O)C(C)CN(C)c1ccc(CN)cc1Cl. The van der Waals surface area contributed by atoms with Gasteiger partial charge in [-0.1, -0.05) is 24.6 Å². The maximum absolute atomic E-state index is 11.5. The van der Waals surface area contributed by atoms with Crippen molar-refractivity contribution in [3.63, 3.8) is 0 Å². The highest BCUT2D eigenvalue weighted by Crippen LogP contribution is 2.26. The molecule has 3 N–H and O–H groups in total. The maximum Gasteiger partial charge on any atom is 0.224 e. The summed E-state index contributed by atoms with van der Waals surface area (Å²) in [4.78, 5) is 13.5. The Kier molecular flexibility index (Phi) is 5.44. The number of anilines is 1. The molecule has 1 amide bonds. The number of carbonyl (C=O) groups is 1. The third-order valence-corrected chi connectivity index (χ3v) is 3.20. The number of nitrogens with zero attached hydrogens (tertiary/aromatic N) is 1. The van der Waals surface area contributed by atoms with Crippen molar-refractivity contribution in [3.8, 4) is 0 Å². The molecule has 100 valence electrons. The van der Waals surface area contributed by atoms with E-state index in [2.05, 4.69) is 5.32 Å². The lowest BCUT2D eigenvalue weighted by atomic mass is 10.1. The van der Waals surface area contributed by atoms with Crippen LogP contribution in [0.25, 0.3) is 0 Å². The molecule has 0 saturated heterocycles. The van der Waals surface area contributed by atoms with Crippen LogP contribution in [-0.2, 0) is 11.3 Å². The van der Waals surface area contributed by atoms with Gasteiger partial charge in [-0.3, -0.25) is 4.79 Å². The number of nitrogens with two attached hydrogens (primary N) is 1. The van der Waals surface area contributed by atoms with Crippen LogP contribution in [-0.4, -0.2) is 26.5 Å². The molecule has 0 saturated carbocycles. The molecule has 0 spiro atoms. The zero-order valence-electron chi connectivity index (χ0n) is 11.0. The summed E-state index contributed by atoms with van der Waals surface area (Å²) in [6.45, 7) is 2.97. The van der Waals surface area contributed by atoms with Gasteiger partial charge in [0, 0.05) is 27.2 Å². The van der Waals surface area contributed by atoms with E-state index in [0.29, 0.717) is 18.1 Å². The summed E-state index contributed by atoms with van der Waals surface area (Å²) in [6, 6.07) is 5.74. The lowest BCUT2D eigenvalue weighted by Gasteiger charge is -2.24. The minimum absolute atomic E-state index is 0.0246. The number of benzene rings is 1. The Bertz CT molecular complexity index is 423. The average molecular weight is 270 g/mol. The summed E-state index contributed by atoms with van der Waals surface area (Å²) < 4.78 is 0. The number of carbonyl (C=O) groups excluding carboxylic acids is 1. The van der Waals surface area contributed by atoms with Gasteiger partial charge in [0.25, 0.3) is 0 Å². The van der Waals surface area contributed by atoms with Crippen molar-refractivity contribution in [1.82, 2.24) is 5.32 Å². The van der Waals surface area contributed by atoms with E-state index in [-0.39, 0.29) is 11.8 Å². The quantitative estimate of drug-likeness (QED) is 0.854. The fourth-order valence-corrected chi connectivity index (χ4v) is 2.17. The number of hydrogen-bond acceptors (Lipinski definition) is 3. The molecular weight excluding hydrogens is 250 g/mol. The first kappa shape index (κ1) is 14.8. The van der Waals surface area contributed by atoms with Gasteiger partial charge >= 0.3 is 0 Å². The highest BCUT2D eigenvalue weighted by atomic mass is 35.5. The number of rotatable bonds is 5. The van der Waals surface area contributed by atoms with Crippen LogP contribution in [0.2, 0.25) is 5.02 Å². The van der Waals surface area contributed by atoms with Crippen LogP contribution in [0.1, 0.15) is 12.5 Å². The molecule has 0 aliphatic heterocycles. The van der Waals surface area contributed by atoms with Gasteiger partial charge < -0.3 is 16.0 Å². The third kappa shape index (κ3) is 3.62. The summed E-state index contributed by atoms with van der Waals surface area (Å²) >= 11 is 6.20. The zero-order chi connectivity index (χ0) is 13.7. The average Bonchev–Trinajstić information content (AvgIpc) is 2.37. The van der Waals surface area contributed by atoms with E-state index in [9.17, 15) is 4.79 Å². The molecule has 4 nitrogen and oxygen atoms in total. The number of nitrogens with one attached hydrogen (secondary N) is 1. The fourth-order valence-electron chi connectivity index (χ4n) is 1.83. The molecular formula is C13H20ClN3O. The lowest BCUT2D eigenvalue weighted by Crippen LogP contribution is -2.34. The Morgan fingerprint density at radius 3 is 2.72 bits per heavy atom. The second-order valence-electron chi connectivity index (χ2n) is 4.39. The van der Waals surface area contributed by atoms with E-state index in [1.165, 1.54) is 0 Å². The molecule has 1 rings (SSSR count). The van der Waals surface area contributed by atoms with Gasteiger partial charge in [-0.2, -0.15) is 0 Å². The van der Waals surface area contributed by atoms with Crippen LogP contribution in [0.15, 0.2) is 18.2 Å². The molecule has 1 atom stereocenters. The highest BCUT2D eigenvalue weighted by Gasteiger charge is 2.15. The first-order valence-corrected chi connectivity index (χ1v) is 6.28. The molecule has 0 bridgehead atoms. The number of hydrogen-bond donors (Lipinski definition) is 2. The van der Waals surface area contributed by atoms with Crippen LogP contribution in [0.3, 0.4) is 0 Å². The molecule has 1 aromatic carbocycles. The van der Waals surface area contributed by atoms with E-state index in [0.717, 1.165) is 11.3 Å². The monoisotopic (exact) mass is 269 g/mol. The normalized spacial score (nSPS) is 12.1. The van der Waals surface area contributed by atoms with Gasteiger partial charge in [-0.15, -0.1) is 0 Å². The summed E-state index contributed by atoms with van der Waals surface area (Å²) in [6.07, 6.45) is 0. The van der Waals surface area contributed by atoms with E-state index in [1.807, 2.05) is 37.1 Å². The van der Waals surface area contributed by atoms with Crippen molar-refractivity contribution in [2.24, 2.45) is 11.7 Å².